The first-order valence-corrected chi connectivity index (χ1v) is 9.95. The van der Waals surface area contributed by atoms with E-state index in [9.17, 15) is 14.0 Å². The Morgan fingerprint density at radius 3 is 2.42 bits per heavy atom. The third-order valence-electron chi connectivity index (χ3n) is 5.59. The Kier molecular flexibility index (Phi) is 5.14. The summed E-state index contributed by atoms with van der Waals surface area (Å²) in [6, 6.07) is 14.5. The lowest BCUT2D eigenvalue weighted by molar-refractivity contribution is -0.131. The van der Waals surface area contributed by atoms with Gasteiger partial charge in [-0.2, -0.15) is 10.2 Å². The van der Waals surface area contributed by atoms with Crippen molar-refractivity contribution in [3.8, 4) is 5.69 Å². The predicted octanol–water partition coefficient (Wildman–Crippen LogP) is 3.82. The van der Waals surface area contributed by atoms with Gasteiger partial charge in [-0.25, -0.2) is 13.9 Å². The molecule has 1 atom stereocenters. The van der Waals surface area contributed by atoms with Crippen molar-refractivity contribution in [1.29, 1.82) is 0 Å². The Morgan fingerprint density at radius 2 is 1.77 bits per heavy atom. The largest absolute Gasteiger partial charge is 0.346 e. The quantitative estimate of drug-likeness (QED) is 0.504. The smallest absolute Gasteiger partial charge is 0.318 e. The molecule has 0 bridgehead atoms. The van der Waals surface area contributed by atoms with Gasteiger partial charge in [-0.1, -0.05) is 37.3 Å². The van der Waals surface area contributed by atoms with Crippen molar-refractivity contribution in [3.63, 3.8) is 0 Å². The molecule has 3 aromatic rings. The molecule has 2 aromatic carbocycles. The van der Waals surface area contributed by atoms with E-state index in [2.05, 4.69) is 15.5 Å². The SMILES string of the molecule is CC[C@@]1(c2ccccc2)NC(=O)N(N=Cc2c(C)nn(-c3ccc(F)cc3)c2C)C1=O. The number of nitrogens with zero attached hydrogens (tertiary/aromatic N) is 4. The van der Waals surface area contributed by atoms with Gasteiger partial charge < -0.3 is 5.32 Å². The highest BCUT2D eigenvalue weighted by Gasteiger charge is 2.51. The number of hydrogen-bond donors (Lipinski definition) is 1. The summed E-state index contributed by atoms with van der Waals surface area (Å²) in [5.41, 5.74) is 2.37. The monoisotopic (exact) mass is 419 g/mol. The van der Waals surface area contributed by atoms with Crippen LogP contribution >= 0.6 is 0 Å². The van der Waals surface area contributed by atoms with Crippen molar-refractivity contribution in [3.05, 3.63) is 82.9 Å². The number of carbonyl (C=O) groups is 2. The second-order valence-electron chi connectivity index (χ2n) is 7.39. The first-order valence-electron chi connectivity index (χ1n) is 9.95. The number of halogens is 1. The van der Waals surface area contributed by atoms with Crippen LogP contribution in [-0.4, -0.2) is 32.9 Å². The van der Waals surface area contributed by atoms with E-state index in [1.54, 1.807) is 23.7 Å². The van der Waals surface area contributed by atoms with Gasteiger partial charge in [0.05, 0.1) is 23.3 Å². The molecule has 158 valence electrons. The number of carbonyl (C=O) groups excluding carboxylic acids is 2. The van der Waals surface area contributed by atoms with Crippen molar-refractivity contribution in [2.75, 3.05) is 0 Å². The van der Waals surface area contributed by atoms with Crippen molar-refractivity contribution in [2.45, 2.75) is 32.7 Å². The van der Waals surface area contributed by atoms with E-state index >= 15 is 0 Å². The van der Waals surface area contributed by atoms with Crippen molar-refractivity contribution < 1.29 is 14.0 Å². The van der Waals surface area contributed by atoms with Gasteiger partial charge >= 0.3 is 6.03 Å². The molecule has 7 nitrogen and oxygen atoms in total. The average Bonchev–Trinajstić information content (AvgIpc) is 3.20. The standard InChI is InChI=1S/C23H22FN5O2/c1-4-23(17-8-6-5-7-9-17)21(30)29(22(31)26-23)25-14-20-15(2)27-28(16(20)3)19-12-10-18(24)11-13-19/h5-14H,4H2,1-3H3,(H,26,31)/t23-/m0/s1. The summed E-state index contributed by atoms with van der Waals surface area (Å²) < 4.78 is 14.9. The summed E-state index contributed by atoms with van der Waals surface area (Å²) in [5, 5.41) is 12.4. The van der Waals surface area contributed by atoms with Gasteiger partial charge in [-0.15, -0.1) is 5.01 Å². The van der Waals surface area contributed by atoms with Crippen LogP contribution in [0.3, 0.4) is 0 Å². The second kappa shape index (κ2) is 7.79. The van der Waals surface area contributed by atoms with Crippen LogP contribution in [0.25, 0.3) is 5.69 Å². The zero-order chi connectivity index (χ0) is 22.2. The molecular weight excluding hydrogens is 397 g/mol. The molecule has 8 heteroatoms. The normalized spacial score (nSPS) is 18.8. The van der Waals surface area contributed by atoms with Gasteiger partial charge in [-0.05, 0) is 50.1 Å². The van der Waals surface area contributed by atoms with Crippen LogP contribution in [0.2, 0.25) is 0 Å². The lowest BCUT2D eigenvalue weighted by Gasteiger charge is -2.24. The Balaban J connectivity index is 1.65. The van der Waals surface area contributed by atoms with Gasteiger partial charge in [0.15, 0.2) is 0 Å². The zero-order valence-corrected chi connectivity index (χ0v) is 17.5. The lowest BCUT2D eigenvalue weighted by atomic mass is 9.87. The first kappa shape index (κ1) is 20.5. The maximum atomic E-state index is 13.2. The molecule has 0 unspecified atom stereocenters. The summed E-state index contributed by atoms with van der Waals surface area (Å²) >= 11 is 0. The van der Waals surface area contributed by atoms with E-state index in [1.165, 1.54) is 18.3 Å². The molecule has 0 aliphatic carbocycles. The highest BCUT2D eigenvalue weighted by molar-refractivity contribution is 6.07. The molecule has 0 radical (unpaired) electrons. The number of hydrazone groups is 1. The number of rotatable bonds is 5. The van der Waals surface area contributed by atoms with Crippen LogP contribution in [0.5, 0.6) is 0 Å². The summed E-state index contributed by atoms with van der Waals surface area (Å²) in [5.74, 6) is -0.757. The van der Waals surface area contributed by atoms with Gasteiger partial charge in [-0.3, -0.25) is 4.79 Å². The molecule has 0 spiro atoms. The topological polar surface area (TPSA) is 79.6 Å². The van der Waals surface area contributed by atoms with Crippen molar-refractivity contribution >= 4 is 18.2 Å². The zero-order valence-electron chi connectivity index (χ0n) is 17.5. The highest BCUT2D eigenvalue weighted by atomic mass is 19.1. The van der Waals surface area contributed by atoms with Crippen LogP contribution in [0.1, 0.15) is 35.9 Å². The molecule has 2 heterocycles. The average molecular weight is 419 g/mol. The van der Waals surface area contributed by atoms with Crippen LogP contribution in [0.15, 0.2) is 59.7 Å². The number of aromatic nitrogens is 2. The minimum atomic E-state index is -1.14. The van der Waals surface area contributed by atoms with E-state index in [1.807, 2.05) is 44.2 Å². The molecule has 3 amide bonds. The third kappa shape index (κ3) is 3.39. The number of amides is 3. The summed E-state index contributed by atoms with van der Waals surface area (Å²) in [4.78, 5) is 25.8. The summed E-state index contributed by atoms with van der Waals surface area (Å²) in [7, 11) is 0. The Labute approximate surface area is 179 Å². The number of nitrogens with one attached hydrogen (secondary N) is 1. The third-order valence-corrected chi connectivity index (χ3v) is 5.59. The molecule has 0 saturated carbocycles. The lowest BCUT2D eigenvalue weighted by Crippen LogP contribution is -2.43. The molecule has 1 N–H and O–H groups in total. The van der Waals surface area contributed by atoms with Crippen LogP contribution in [0.4, 0.5) is 9.18 Å². The Bertz CT molecular complexity index is 1170. The van der Waals surface area contributed by atoms with E-state index in [0.717, 1.165) is 10.7 Å². The molecule has 1 aromatic heterocycles. The summed E-state index contributed by atoms with van der Waals surface area (Å²) in [6.07, 6.45) is 1.86. The Morgan fingerprint density at radius 1 is 1.10 bits per heavy atom. The maximum Gasteiger partial charge on any atom is 0.346 e. The van der Waals surface area contributed by atoms with Crippen LogP contribution < -0.4 is 5.32 Å². The molecular formula is C23H22FN5O2. The number of hydrogen-bond acceptors (Lipinski definition) is 4. The van der Waals surface area contributed by atoms with Gasteiger partial charge in [0.1, 0.15) is 11.4 Å². The molecule has 4 rings (SSSR count). The van der Waals surface area contributed by atoms with E-state index in [4.69, 9.17) is 0 Å². The minimum absolute atomic E-state index is 0.330. The number of imide groups is 1. The highest BCUT2D eigenvalue weighted by Crippen LogP contribution is 2.32. The molecule has 31 heavy (non-hydrogen) atoms. The second-order valence-corrected chi connectivity index (χ2v) is 7.39. The molecule has 1 saturated heterocycles. The molecule has 1 aliphatic rings. The number of urea groups is 1. The Hall–Kier alpha value is -3.81. The van der Waals surface area contributed by atoms with Crippen LogP contribution in [-0.2, 0) is 10.3 Å². The van der Waals surface area contributed by atoms with Crippen molar-refractivity contribution in [1.82, 2.24) is 20.1 Å². The van der Waals surface area contributed by atoms with E-state index < -0.39 is 17.5 Å². The van der Waals surface area contributed by atoms with E-state index in [-0.39, 0.29) is 5.82 Å². The fourth-order valence-corrected chi connectivity index (χ4v) is 3.82. The number of benzene rings is 2. The first-order chi connectivity index (χ1) is 14.9. The fraction of sp³-hybridized carbons (Fsp3) is 0.217. The fourth-order valence-electron chi connectivity index (χ4n) is 3.82. The molecule has 1 aliphatic heterocycles. The predicted molar refractivity (Wildman–Crippen MR) is 114 cm³/mol. The minimum Gasteiger partial charge on any atom is -0.318 e. The number of aryl methyl sites for hydroxylation is 1. The molecule has 1 fully saturated rings. The van der Waals surface area contributed by atoms with Crippen LogP contribution in [0, 0.1) is 19.7 Å². The maximum absolute atomic E-state index is 13.2. The summed E-state index contributed by atoms with van der Waals surface area (Å²) in [6.45, 7) is 5.50. The van der Waals surface area contributed by atoms with Crippen molar-refractivity contribution in [2.24, 2.45) is 5.10 Å². The van der Waals surface area contributed by atoms with Gasteiger partial charge in [0, 0.05) is 5.56 Å². The van der Waals surface area contributed by atoms with Gasteiger partial charge in [0.25, 0.3) is 5.91 Å². The van der Waals surface area contributed by atoms with Gasteiger partial charge in [0.2, 0.25) is 0 Å². The van der Waals surface area contributed by atoms with E-state index in [0.29, 0.717) is 28.9 Å².